The van der Waals surface area contributed by atoms with E-state index < -0.39 is 5.72 Å². The molecule has 0 radical (unpaired) electrons. The largest absolute Gasteiger partial charge is 0.364 e. The Bertz CT molecular complexity index is 624. The normalized spacial score (nSPS) is 21.6. The van der Waals surface area contributed by atoms with Crippen molar-refractivity contribution < 1.29 is 9.90 Å². The zero-order valence-electron chi connectivity index (χ0n) is 10.7. The minimum Gasteiger partial charge on any atom is -0.364 e. The quantitative estimate of drug-likeness (QED) is 0.894. The lowest BCUT2D eigenvalue weighted by Crippen LogP contribution is -2.47. The molecule has 1 unspecified atom stereocenters. The smallest absolute Gasteiger partial charge is 0.217 e. The lowest BCUT2D eigenvalue weighted by Gasteiger charge is -2.33. The number of aliphatic hydroxyl groups is 1. The minimum atomic E-state index is -1.48. The monoisotopic (exact) mass is 253 g/mol. The average Bonchev–Trinajstić information content (AvgIpc) is 2.70. The highest BCUT2D eigenvalue weighted by molar-refractivity contribution is 6.14. The van der Waals surface area contributed by atoms with Crippen LogP contribution in [0.4, 0.5) is 11.4 Å². The van der Waals surface area contributed by atoms with Crippen LogP contribution in [0.3, 0.4) is 0 Å². The molecule has 0 amide bonds. The molecule has 0 saturated heterocycles. The van der Waals surface area contributed by atoms with E-state index >= 15 is 0 Å². The van der Waals surface area contributed by atoms with Gasteiger partial charge in [0.1, 0.15) is 0 Å². The van der Waals surface area contributed by atoms with E-state index in [1.807, 2.05) is 55.5 Å². The second-order valence-electron chi connectivity index (χ2n) is 4.69. The topological polar surface area (TPSA) is 40.5 Å². The highest BCUT2D eigenvalue weighted by Gasteiger charge is 2.49. The van der Waals surface area contributed by atoms with Gasteiger partial charge in [-0.2, -0.15) is 0 Å². The maximum Gasteiger partial charge on any atom is 0.217 e. The third-order valence-corrected chi connectivity index (χ3v) is 3.63. The Morgan fingerprint density at radius 3 is 2.37 bits per heavy atom. The first-order valence-electron chi connectivity index (χ1n) is 6.40. The van der Waals surface area contributed by atoms with Gasteiger partial charge in [0.2, 0.25) is 11.5 Å². The molecule has 0 aliphatic carbocycles. The third kappa shape index (κ3) is 1.59. The van der Waals surface area contributed by atoms with Crippen LogP contribution in [-0.4, -0.2) is 16.6 Å². The fourth-order valence-electron chi connectivity index (χ4n) is 2.63. The Balaban J connectivity index is 2.23. The first-order chi connectivity index (χ1) is 9.18. The highest BCUT2D eigenvalue weighted by Crippen LogP contribution is 2.43. The molecule has 3 rings (SSSR count). The van der Waals surface area contributed by atoms with Crippen LogP contribution in [0.2, 0.25) is 0 Å². The summed E-state index contributed by atoms with van der Waals surface area (Å²) in [5, 5.41) is 10.8. The molecule has 1 atom stereocenters. The summed E-state index contributed by atoms with van der Waals surface area (Å²) in [5.74, 6) is -0.227. The van der Waals surface area contributed by atoms with Crippen molar-refractivity contribution in [2.45, 2.75) is 19.1 Å². The summed E-state index contributed by atoms with van der Waals surface area (Å²) < 4.78 is 0. The lowest BCUT2D eigenvalue weighted by atomic mass is 10.0. The van der Waals surface area contributed by atoms with E-state index in [1.54, 1.807) is 11.0 Å². The van der Waals surface area contributed by atoms with Gasteiger partial charge in [0, 0.05) is 17.7 Å². The van der Waals surface area contributed by atoms with E-state index in [0.29, 0.717) is 12.0 Å². The van der Waals surface area contributed by atoms with Gasteiger partial charge in [-0.1, -0.05) is 37.3 Å². The molecular weight excluding hydrogens is 238 g/mol. The molecule has 0 spiro atoms. The Morgan fingerprint density at radius 1 is 1.05 bits per heavy atom. The van der Waals surface area contributed by atoms with E-state index in [2.05, 4.69) is 0 Å². The molecule has 3 heteroatoms. The molecule has 0 bridgehead atoms. The van der Waals surface area contributed by atoms with Crippen LogP contribution in [0.1, 0.15) is 23.7 Å². The van der Waals surface area contributed by atoms with Crippen molar-refractivity contribution >= 4 is 17.2 Å². The number of carbonyl (C=O) groups excluding carboxylic acids is 1. The van der Waals surface area contributed by atoms with Crippen LogP contribution in [0.5, 0.6) is 0 Å². The van der Waals surface area contributed by atoms with Gasteiger partial charge in [-0.05, 0) is 24.3 Å². The van der Waals surface area contributed by atoms with Crippen molar-refractivity contribution in [2.75, 3.05) is 4.90 Å². The fraction of sp³-hybridized carbons (Fsp3) is 0.188. The average molecular weight is 253 g/mol. The summed E-state index contributed by atoms with van der Waals surface area (Å²) in [6.45, 7) is 1.82. The Hall–Kier alpha value is -2.13. The van der Waals surface area contributed by atoms with E-state index in [4.69, 9.17) is 0 Å². The summed E-state index contributed by atoms with van der Waals surface area (Å²) in [6.07, 6.45) is 0.343. The maximum atomic E-state index is 12.4. The molecule has 1 heterocycles. The third-order valence-electron chi connectivity index (χ3n) is 3.63. The number of nitrogens with zero attached hydrogens (tertiary/aromatic N) is 1. The van der Waals surface area contributed by atoms with Crippen molar-refractivity contribution in [1.82, 2.24) is 0 Å². The standard InChI is InChI=1S/C16H15NO2/c1-2-16(19)15(18)13-10-6-7-11-14(13)17(16)12-8-4-3-5-9-12/h3-11,19H,2H2,1H3. The number of hydrogen-bond donors (Lipinski definition) is 1. The molecule has 2 aromatic rings. The van der Waals surface area contributed by atoms with Crippen LogP contribution < -0.4 is 4.90 Å². The summed E-state index contributed by atoms with van der Waals surface area (Å²) in [6, 6.07) is 16.8. The van der Waals surface area contributed by atoms with Crippen molar-refractivity contribution in [3.63, 3.8) is 0 Å². The van der Waals surface area contributed by atoms with Crippen molar-refractivity contribution in [3.05, 3.63) is 60.2 Å². The van der Waals surface area contributed by atoms with Gasteiger partial charge in [-0.15, -0.1) is 0 Å². The molecule has 1 N–H and O–H groups in total. The Kier molecular flexibility index (Phi) is 2.64. The van der Waals surface area contributed by atoms with Gasteiger partial charge in [0.05, 0.1) is 5.69 Å². The number of rotatable bonds is 2. The van der Waals surface area contributed by atoms with Gasteiger partial charge in [-0.25, -0.2) is 0 Å². The van der Waals surface area contributed by atoms with Crippen LogP contribution in [0.15, 0.2) is 54.6 Å². The van der Waals surface area contributed by atoms with Gasteiger partial charge < -0.3 is 10.0 Å². The number of ketones is 1. The number of hydrogen-bond acceptors (Lipinski definition) is 3. The van der Waals surface area contributed by atoms with E-state index in [1.165, 1.54) is 0 Å². The first-order valence-corrected chi connectivity index (χ1v) is 6.40. The molecular formula is C16H15NO2. The van der Waals surface area contributed by atoms with Crippen molar-refractivity contribution in [1.29, 1.82) is 0 Å². The van der Waals surface area contributed by atoms with Crippen LogP contribution in [0, 0.1) is 0 Å². The first kappa shape index (κ1) is 11.9. The van der Waals surface area contributed by atoms with Gasteiger partial charge in [0.25, 0.3) is 0 Å². The number of anilines is 2. The molecule has 96 valence electrons. The maximum absolute atomic E-state index is 12.4. The minimum absolute atomic E-state index is 0.227. The molecule has 1 aliphatic rings. The number of benzene rings is 2. The van der Waals surface area contributed by atoms with Crippen LogP contribution >= 0.6 is 0 Å². The van der Waals surface area contributed by atoms with Crippen LogP contribution in [0.25, 0.3) is 0 Å². The van der Waals surface area contributed by atoms with E-state index in [9.17, 15) is 9.90 Å². The highest BCUT2D eigenvalue weighted by atomic mass is 16.3. The summed E-state index contributed by atoms with van der Waals surface area (Å²) in [7, 11) is 0. The molecule has 3 nitrogen and oxygen atoms in total. The number of fused-ring (bicyclic) bond motifs is 1. The predicted molar refractivity (Wildman–Crippen MR) is 74.6 cm³/mol. The Labute approximate surface area is 112 Å². The predicted octanol–water partition coefficient (Wildman–Crippen LogP) is 3.12. The molecule has 19 heavy (non-hydrogen) atoms. The molecule has 0 saturated carbocycles. The summed E-state index contributed by atoms with van der Waals surface area (Å²) in [5.41, 5.74) is 0.689. The molecule has 0 fully saturated rings. The fourth-order valence-corrected chi connectivity index (χ4v) is 2.63. The Morgan fingerprint density at radius 2 is 1.68 bits per heavy atom. The van der Waals surface area contributed by atoms with E-state index in [-0.39, 0.29) is 5.78 Å². The number of Topliss-reactive ketones (excluding diaryl/α,β-unsaturated/α-hetero) is 1. The summed E-state index contributed by atoms with van der Waals surface area (Å²) in [4.78, 5) is 14.2. The lowest BCUT2D eigenvalue weighted by molar-refractivity contribution is 0.0376. The summed E-state index contributed by atoms with van der Waals surface area (Å²) >= 11 is 0. The van der Waals surface area contributed by atoms with Crippen molar-refractivity contribution in [3.8, 4) is 0 Å². The second-order valence-corrected chi connectivity index (χ2v) is 4.69. The number of para-hydroxylation sites is 2. The molecule has 0 aromatic heterocycles. The second kappa shape index (κ2) is 4.21. The van der Waals surface area contributed by atoms with Gasteiger partial charge in [0.15, 0.2) is 0 Å². The molecule has 1 aliphatic heterocycles. The van der Waals surface area contributed by atoms with Crippen LogP contribution in [-0.2, 0) is 0 Å². The number of carbonyl (C=O) groups is 1. The van der Waals surface area contributed by atoms with Gasteiger partial charge in [-0.3, -0.25) is 4.79 Å². The van der Waals surface area contributed by atoms with E-state index in [0.717, 1.165) is 11.4 Å². The zero-order chi connectivity index (χ0) is 13.5. The van der Waals surface area contributed by atoms with Gasteiger partial charge >= 0.3 is 0 Å². The molecule has 2 aromatic carbocycles. The SMILES string of the molecule is CCC1(O)C(=O)c2ccccc2N1c1ccccc1. The zero-order valence-corrected chi connectivity index (χ0v) is 10.7. The van der Waals surface area contributed by atoms with Crippen molar-refractivity contribution in [2.24, 2.45) is 0 Å².